The molecule has 1 saturated carbocycles. The van der Waals surface area contributed by atoms with Crippen LogP contribution < -0.4 is 10.2 Å². The number of piperazine rings is 1. The Labute approximate surface area is 118 Å². The Morgan fingerprint density at radius 2 is 2.11 bits per heavy atom. The van der Waals surface area contributed by atoms with Crippen molar-refractivity contribution in [2.24, 2.45) is 0 Å². The molecule has 1 saturated heterocycles. The highest BCUT2D eigenvalue weighted by molar-refractivity contribution is 6.33. The smallest absolute Gasteiger partial charge is 0.125 e. The van der Waals surface area contributed by atoms with Crippen molar-refractivity contribution in [3.05, 3.63) is 29.0 Å². The van der Waals surface area contributed by atoms with Crippen molar-refractivity contribution in [2.45, 2.75) is 44.2 Å². The number of halogens is 2. The number of rotatable bonds is 1. The van der Waals surface area contributed by atoms with Gasteiger partial charge in [0.2, 0.25) is 0 Å². The van der Waals surface area contributed by atoms with Crippen LogP contribution in [0.4, 0.5) is 10.1 Å². The molecule has 1 atom stereocenters. The van der Waals surface area contributed by atoms with Gasteiger partial charge in [-0.3, -0.25) is 0 Å². The van der Waals surface area contributed by atoms with Crippen molar-refractivity contribution in [2.75, 3.05) is 18.0 Å². The number of benzene rings is 1. The Morgan fingerprint density at radius 3 is 2.84 bits per heavy atom. The SMILES string of the molecule is CC1CNC2(CCCC2)CN1c1cc(F)ccc1Cl. The molecule has 0 radical (unpaired) electrons. The van der Waals surface area contributed by atoms with Crippen LogP contribution in [0.3, 0.4) is 0 Å². The molecule has 1 unspecified atom stereocenters. The van der Waals surface area contributed by atoms with Gasteiger partial charge in [0, 0.05) is 24.7 Å². The van der Waals surface area contributed by atoms with Crippen LogP contribution in [0.15, 0.2) is 18.2 Å². The summed E-state index contributed by atoms with van der Waals surface area (Å²) >= 11 is 6.26. The third-order valence-corrected chi connectivity index (χ3v) is 4.88. The molecule has 19 heavy (non-hydrogen) atoms. The first kappa shape index (κ1) is 13.2. The molecule has 1 aliphatic heterocycles. The summed E-state index contributed by atoms with van der Waals surface area (Å²) < 4.78 is 13.5. The van der Waals surface area contributed by atoms with Crippen molar-refractivity contribution in [3.8, 4) is 0 Å². The molecule has 1 aliphatic carbocycles. The summed E-state index contributed by atoms with van der Waals surface area (Å²) in [5.74, 6) is -0.217. The molecule has 4 heteroatoms. The van der Waals surface area contributed by atoms with Gasteiger partial charge in [-0.2, -0.15) is 0 Å². The van der Waals surface area contributed by atoms with Gasteiger partial charge in [-0.05, 0) is 38.0 Å². The molecule has 1 heterocycles. The minimum Gasteiger partial charge on any atom is -0.364 e. The molecule has 0 amide bonds. The number of hydrogen-bond donors (Lipinski definition) is 1. The molecule has 1 aromatic carbocycles. The monoisotopic (exact) mass is 282 g/mol. The highest BCUT2D eigenvalue weighted by Crippen LogP contribution is 2.37. The highest BCUT2D eigenvalue weighted by atomic mass is 35.5. The fraction of sp³-hybridized carbons (Fsp3) is 0.600. The molecular formula is C15H20ClFN2. The second kappa shape index (κ2) is 4.95. The van der Waals surface area contributed by atoms with Crippen molar-refractivity contribution in [3.63, 3.8) is 0 Å². The third-order valence-electron chi connectivity index (χ3n) is 4.56. The van der Waals surface area contributed by atoms with Gasteiger partial charge < -0.3 is 10.2 Å². The molecule has 1 aromatic rings. The second-order valence-corrected chi connectivity index (χ2v) is 6.35. The molecule has 0 bridgehead atoms. The largest absolute Gasteiger partial charge is 0.364 e. The average Bonchev–Trinajstić information content (AvgIpc) is 2.84. The van der Waals surface area contributed by atoms with Gasteiger partial charge in [-0.25, -0.2) is 4.39 Å². The Hall–Kier alpha value is -0.800. The maximum Gasteiger partial charge on any atom is 0.125 e. The van der Waals surface area contributed by atoms with E-state index in [9.17, 15) is 4.39 Å². The van der Waals surface area contributed by atoms with Crippen molar-refractivity contribution >= 4 is 17.3 Å². The van der Waals surface area contributed by atoms with Crippen LogP contribution in [0.1, 0.15) is 32.6 Å². The second-order valence-electron chi connectivity index (χ2n) is 5.94. The topological polar surface area (TPSA) is 15.3 Å². The lowest BCUT2D eigenvalue weighted by atomic mass is 9.92. The highest BCUT2D eigenvalue weighted by Gasteiger charge is 2.40. The van der Waals surface area contributed by atoms with Crippen molar-refractivity contribution in [1.29, 1.82) is 0 Å². The maximum absolute atomic E-state index is 13.5. The Morgan fingerprint density at radius 1 is 1.37 bits per heavy atom. The van der Waals surface area contributed by atoms with Crippen LogP contribution in [-0.2, 0) is 0 Å². The fourth-order valence-electron chi connectivity index (χ4n) is 3.43. The summed E-state index contributed by atoms with van der Waals surface area (Å²) in [6.07, 6.45) is 4.99. The van der Waals surface area contributed by atoms with E-state index in [1.54, 1.807) is 12.1 Å². The van der Waals surface area contributed by atoms with Crippen LogP contribution in [0.2, 0.25) is 5.02 Å². The summed E-state index contributed by atoms with van der Waals surface area (Å²) in [6, 6.07) is 4.98. The number of nitrogens with zero attached hydrogens (tertiary/aromatic N) is 1. The first-order valence-corrected chi connectivity index (χ1v) is 7.44. The zero-order chi connectivity index (χ0) is 13.5. The van der Waals surface area contributed by atoms with Gasteiger partial charge in [0.15, 0.2) is 0 Å². The Balaban J connectivity index is 1.91. The van der Waals surface area contributed by atoms with E-state index in [0.29, 0.717) is 11.1 Å². The first-order valence-electron chi connectivity index (χ1n) is 7.06. The summed E-state index contributed by atoms with van der Waals surface area (Å²) in [4.78, 5) is 2.27. The van der Waals surface area contributed by atoms with Crippen LogP contribution in [0.5, 0.6) is 0 Å². The lowest BCUT2D eigenvalue weighted by Crippen LogP contribution is -2.62. The predicted octanol–water partition coefficient (Wildman–Crippen LogP) is 3.59. The van der Waals surface area contributed by atoms with Gasteiger partial charge in [0.1, 0.15) is 5.82 Å². The summed E-state index contributed by atoms with van der Waals surface area (Å²) in [5.41, 5.74) is 1.05. The molecule has 2 fully saturated rings. The van der Waals surface area contributed by atoms with Gasteiger partial charge in [-0.15, -0.1) is 0 Å². The van der Waals surface area contributed by atoms with Gasteiger partial charge in [0.05, 0.1) is 10.7 Å². The van der Waals surface area contributed by atoms with E-state index in [1.807, 2.05) is 0 Å². The molecule has 1 N–H and O–H groups in total. The molecule has 3 rings (SSSR count). The normalized spacial score (nSPS) is 26.1. The van der Waals surface area contributed by atoms with E-state index in [0.717, 1.165) is 18.8 Å². The van der Waals surface area contributed by atoms with Crippen LogP contribution in [0, 0.1) is 5.82 Å². The Bertz CT molecular complexity index is 471. The zero-order valence-electron chi connectivity index (χ0n) is 11.3. The van der Waals surface area contributed by atoms with E-state index in [4.69, 9.17) is 11.6 Å². The molecule has 104 valence electrons. The molecular weight excluding hydrogens is 263 g/mol. The standard InChI is InChI=1S/C15H20ClFN2/c1-11-9-18-15(6-2-3-7-15)10-19(11)14-8-12(17)4-5-13(14)16/h4-5,8,11,18H,2-3,6-7,9-10H2,1H3. The van der Waals surface area contributed by atoms with E-state index in [-0.39, 0.29) is 11.4 Å². The Kier molecular flexibility index (Phi) is 3.44. The number of anilines is 1. The average molecular weight is 283 g/mol. The van der Waals surface area contributed by atoms with E-state index in [1.165, 1.54) is 31.7 Å². The minimum absolute atomic E-state index is 0.210. The maximum atomic E-state index is 13.5. The first-order chi connectivity index (χ1) is 9.10. The number of nitrogens with one attached hydrogen (secondary N) is 1. The van der Waals surface area contributed by atoms with Gasteiger partial charge in [0.25, 0.3) is 0 Å². The fourth-order valence-corrected chi connectivity index (χ4v) is 3.65. The predicted molar refractivity (Wildman–Crippen MR) is 77.4 cm³/mol. The molecule has 2 nitrogen and oxygen atoms in total. The summed E-state index contributed by atoms with van der Waals surface area (Å²) in [6.45, 7) is 4.03. The molecule has 2 aliphatic rings. The van der Waals surface area contributed by atoms with E-state index >= 15 is 0 Å². The van der Waals surface area contributed by atoms with E-state index < -0.39 is 0 Å². The third kappa shape index (κ3) is 2.46. The molecule has 1 spiro atoms. The van der Waals surface area contributed by atoms with Crippen molar-refractivity contribution < 1.29 is 4.39 Å². The van der Waals surface area contributed by atoms with Gasteiger partial charge >= 0.3 is 0 Å². The zero-order valence-corrected chi connectivity index (χ0v) is 12.0. The minimum atomic E-state index is -0.217. The quantitative estimate of drug-likeness (QED) is 0.847. The van der Waals surface area contributed by atoms with E-state index in [2.05, 4.69) is 17.1 Å². The van der Waals surface area contributed by atoms with Crippen LogP contribution >= 0.6 is 11.6 Å². The summed E-state index contributed by atoms with van der Waals surface area (Å²) in [5, 5.41) is 4.34. The van der Waals surface area contributed by atoms with Crippen molar-refractivity contribution in [1.82, 2.24) is 5.32 Å². The lowest BCUT2D eigenvalue weighted by Gasteiger charge is -2.46. The lowest BCUT2D eigenvalue weighted by molar-refractivity contribution is 0.276. The van der Waals surface area contributed by atoms with Gasteiger partial charge in [-0.1, -0.05) is 24.4 Å². The number of hydrogen-bond acceptors (Lipinski definition) is 2. The van der Waals surface area contributed by atoms with Crippen LogP contribution in [0.25, 0.3) is 0 Å². The molecule has 0 aromatic heterocycles. The van der Waals surface area contributed by atoms with Crippen LogP contribution in [-0.4, -0.2) is 24.7 Å². The summed E-state index contributed by atoms with van der Waals surface area (Å²) in [7, 11) is 0.